The summed E-state index contributed by atoms with van der Waals surface area (Å²) in [6.45, 7) is 2.87. The highest BCUT2D eigenvalue weighted by atomic mass is 19.1. The van der Waals surface area contributed by atoms with Crippen LogP contribution >= 0.6 is 0 Å². The molecule has 2 heterocycles. The van der Waals surface area contributed by atoms with Crippen LogP contribution < -0.4 is 5.32 Å². The number of imide groups is 1. The van der Waals surface area contributed by atoms with Crippen molar-refractivity contribution in [1.82, 2.24) is 10.2 Å². The second-order valence-electron chi connectivity index (χ2n) is 6.25. The van der Waals surface area contributed by atoms with E-state index in [-0.39, 0.29) is 0 Å². The molecule has 2 aliphatic heterocycles. The van der Waals surface area contributed by atoms with E-state index in [4.69, 9.17) is 23.7 Å². The van der Waals surface area contributed by atoms with Gasteiger partial charge in [0.2, 0.25) is 6.17 Å². The molecule has 2 rings (SSSR count). The molecule has 2 aliphatic rings. The zero-order valence-electron chi connectivity index (χ0n) is 16.1. The predicted octanol–water partition coefficient (Wildman–Crippen LogP) is -1.000. The number of carbonyl (C=O) groups excluding carboxylic acids is 5. The molecule has 0 spiro atoms. The maximum atomic E-state index is 14.3. The Hall–Kier alpha value is -2.80. The van der Waals surface area contributed by atoms with Gasteiger partial charge in [-0.25, -0.2) is 9.18 Å². The quantitative estimate of drug-likeness (QED) is 0.419. The lowest BCUT2D eigenvalue weighted by Crippen LogP contribution is -2.66. The lowest BCUT2D eigenvalue weighted by atomic mass is 10.1. The molecule has 0 radical (unpaired) electrons. The van der Waals surface area contributed by atoms with E-state index in [1.165, 1.54) is 0 Å². The zero-order valence-corrected chi connectivity index (χ0v) is 16.1. The topological polar surface area (TPSA) is 147 Å². The summed E-state index contributed by atoms with van der Waals surface area (Å²) >= 11 is 0. The Morgan fingerprint density at radius 1 is 1.07 bits per heavy atom. The van der Waals surface area contributed by atoms with Crippen LogP contribution in [0.5, 0.6) is 0 Å². The Bertz CT molecular complexity index is 701. The van der Waals surface area contributed by atoms with Crippen molar-refractivity contribution < 1.29 is 52.0 Å². The van der Waals surface area contributed by atoms with Crippen molar-refractivity contribution in [1.29, 1.82) is 0 Å². The van der Waals surface area contributed by atoms with Gasteiger partial charge in [0.05, 0.1) is 0 Å². The van der Waals surface area contributed by atoms with Gasteiger partial charge in [0.25, 0.3) is 5.91 Å². The monoisotopic (exact) mass is 420 g/mol. The highest BCUT2D eigenvalue weighted by Gasteiger charge is 2.57. The average Bonchev–Trinajstić information content (AvgIpc) is 2.92. The molecule has 2 fully saturated rings. The van der Waals surface area contributed by atoms with Gasteiger partial charge in [-0.1, -0.05) is 0 Å². The molecule has 0 aromatic carbocycles. The van der Waals surface area contributed by atoms with E-state index in [9.17, 15) is 28.4 Å². The van der Waals surface area contributed by atoms with Crippen molar-refractivity contribution in [2.75, 3.05) is 13.7 Å². The van der Waals surface area contributed by atoms with Crippen LogP contribution in [-0.2, 0) is 42.9 Å². The molecular weight excluding hydrogens is 399 g/mol. The number of nitrogens with zero attached hydrogens (tertiary/aromatic N) is 1. The highest BCUT2D eigenvalue weighted by Crippen LogP contribution is 2.33. The van der Waals surface area contributed by atoms with Gasteiger partial charge in [0, 0.05) is 27.9 Å². The van der Waals surface area contributed by atoms with Crippen LogP contribution in [0.3, 0.4) is 0 Å². The summed E-state index contributed by atoms with van der Waals surface area (Å²) in [5.74, 6) is -3.46. The zero-order chi connectivity index (χ0) is 21.9. The average molecular weight is 420 g/mol. The molecule has 2 unspecified atom stereocenters. The number of rotatable bonds is 6. The Morgan fingerprint density at radius 2 is 1.66 bits per heavy atom. The van der Waals surface area contributed by atoms with Crippen molar-refractivity contribution in [2.24, 2.45) is 0 Å². The van der Waals surface area contributed by atoms with Gasteiger partial charge in [0.15, 0.2) is 24.7 Å². The second kappa shape index (κ2) is 9.13. The molecule has 1 N–H and O–H groups in total. The minimum atomic E-state index is -2.26. The first kappa shape index (κ1) is 22.5. The van der Waals surface area contributed by atoms with Crippen LogP contribution in [0.4, 0.5) is 9.18 Å². The maximum absolute atomic E-state index is 14.3. The van der Waals surface area contributed by atoms with E-state index < -0.39 is 73.4 Å². The minimum absolute atomic E-state index is 0.410. The van der Waals surface area contributed by atoms with Crippen molar-refractivity contribution in [3.63, 3.8) is 0 Å². The summed E-state index contributed by atoms with van der Waals surface area (Å²) in [6.07, 6.45) is -9.34. The molecule has 0 saturated carbocycles. The number of carbonyl (C=O) groups is 5. The summed E-state index contributed by atoms with van der Waals surface area (Å²) in [6, 6.07) is -1.08. The number of hydrogen-bond acceptors (Lipinski definition) is 10. The van der Waals surface area contributed by atoms with Gasteiger partial charge in [0.1, 0.15) is 12.7 Å². The third-order valence-electron chi connectivity index (χ3n) is 4.10. The molecule has 29 heavy (non-hydrogen) atoms. The van der Waals surface area contributed by atoms with Gasteiger partial charge >= 0.3 is 23.9 Å². The number of alkyl halides is 1. The van der Waals surface area contributed by atoms with Crippen molar-refractivity contribution >= 4 is 29.8 Å². The molecule has 3 amide bonds. The van der Waals surface area contributed by atoms with E-state index in [2.05, 4.69) is 0 Å². The summed E-state index contributed by atoms with van der Waals surface area (Å²) in [5.41, 5.74) is 0. The van der Waals surface area contributed by atoms with E-state index in [1.54, 1.807) is 5.32 Å². The third-order valence-corrected chi connectivity index (χ3v) is 4.10. The predicted molar refractivity (Wildman–Crippen MR) is 87.5 cm³/mol. The van der Waals surface area contributed by atoms with Crippen LogP contribution in [0.25, 0.3) is 0 Å². The number of hydrogen-bond donors (Lipinski definition) is 1. The van der Waals surface area contributed by atoms with Gasteiger partial charge in [-0.3, -0.25) is 29.4 Å². The highest BCUT2D eigenvalue weighted by molar-refractivity contribution is 5.99. The second-order valence-corrected chi connectivity index (χ2v) is 6.25. The van der Waals surface area contributed by atoms with Gasteiger partial charge < -0.3 is 23.7 Å². The van der Waals surface area contributed by atoms with Crippen LogP contribution in [0.1, 0.15) is 20.8 Å². The molecule has 13 heteroatoms. The summed E-state index contributed by atoms with van der Waals surface area (Å²) in [4.78, 5) is 58.9. The first-order valence-corrected chi connectivity index (χ1v) is 8.50. The molecule has 0 aromatic rings. The van der Waals surface area contributed by atoms with Crippen LogP contribution in [-0.4, -0.2) is 85.4 Å². The Labute approximate surface area is 164 Å². The fraction of sp³-hybridized carbons (Fsp3) is 0.688. The molecule has 0 aliphatic carbocycles. The number of methoxy groups -OCH3 is 1. The molecule has 0 aromatic heterocycles. The SMILES string of the molecule is COC1C(F)C(=O)NC(=O)N1[C@@H]1O[C@H](COC(C)=O)[C@@H](OC(C)=O)[C@H]1OC(C)=O. The largest absolute Gasteiger partial charge is 0.463 e. The van der Waals surface area contributed by atoms with Gasteiger partial charge in [-0.05, 0) is 0 Å². The van der Waals surface area contributed by atoms with Crippen LogP contribution in [0, 0.1) is 0 Å². The number of esters is 3. The summed E-state index contributed by atoms with van der Waals surface area (Å²) in [7, 11) is 1.06. The maximum Gasteiger partial charge on any atom is 0.328 e. The van der Waals surface area contributed by atoms with Crippen LogP contribution in [0.15, 0.2) is 0 Å². The Morgan fingerprint density at radius 3 is 2.17 bits per heavy atom. The van der Waals surface area contributed by atoms with E-state index >= 15 is 0 Å². The first-order valence-electron chi connectivity index (χ1n) is 8.50. The van der Waals surface area contributed by atoms with Gasteiger partial charge in [-0.15, -0.1) is 0 Å². The molecule has 0 bridgehead atoms. The smallest absolute Gasteiger partial charge is 0.328 e. The Balaban J connectivity index is 2.41. The summed E-state index contributed by atoms with van der Waals surface area (Å²) < 4.78 is 40.1. The minimum Gasteiger partial charge on any atom is -0.463 e. The molecule has 12 nitrogen and oxygen atoms in total. The van der Waals surface area contributed by atoms with Gasteiger partial charge in [-0.2, -0.15) is 0 Å². The first-order chi connectivity index (χ1) is 13.6. The molecule has 162 valence electrons. The third kappa shape index (κ3) is 4.98. The molecule has 6 atom stereocenters. The molecule has 2 saturated heterocycles. The number of ether oxygens (including phenoxy) is 5. The lowest BCUT2D eigenvalue weighted by Gasteiger charge is -2.40. The van der Waals surface area contributed by atoms with Crippen molar-refractivity contribution in [3.05, 3.63) is 0 Å². The number of halogens is 1. The normalized spacial score (nSPS) is 31.8. The molecular formula is C16H21FN2O10. The number of nitrogens with one attached hydrogen (secondary N) is 1. The Kier molecular flexibility index (Phi) is 7.08. The fourth-order valence-corrected chi connectivity index (χ4v) is 3.04. The van der Waals surface area contributed by atoms with Crippen LogP contribution in [0.2, 0.25) is 0 Å². The summed E-state index contributed by atoms with van der Waals surface area (Å²) in [5, 5.41) is 1.79. The standard InChI is InChI=1S/C16H21FN2O10/c1-6(20)26-5-9-11(27-7(2)21)12(28-8(3)22)15(29-9)19-14(25-4)10(17)13(23)18-16(19)24/h9-12,14-15H,5H2,1-4H3,(H,18,23,24)/t9-,10?,11-,12-,14?,15-/m1/s1. The number of amides is 3. The van der Waals surface area contributed by atoms with Crippen molar-refractivity contribution in [3.8, 4) is 0 Å². The fourth-order valence-electron chi connectivity index (χ4n) is 3.04. The lowest BCUT2D eigenvalue weighted by molar-refractivity contribution is -0.185. The van der Waals surface area contributed by atoms with Crippen molar-refractivity contribution in [2.45, 2.75) is 57.7 Å². The van der Waals surface area contributed by atoms with E-state index in [0.717, 1.165) is 27.9 Å². The van der Waals surface area contributed by atoms with E-state index in [0.29, 0.717) is 4.90 Å². The van der Waals surface area contributed by atoms with E-state index in [1.807, 2.05) is 0 Å². The number of urea groups is 1.